The molecular weight excluding hydrogens is 260 g/mol. The van der Waals surface area contributed by atoms with E-state index in [2.05, 4.69) is 13.8 Å². The van der Waals surface area contributed by atoms with E-state index in [1.54, 1.807) is 0 Å². The summed E-state index contributed by atoms with van der Waals surface area (Å²) in [4.78, 5) is 0. The van der Waals surface area contributed by atoms with E-state index in [0.29, 0.717) is 23.7 Å². The summed E-state index contributed by atoms with van der Waals surface area (Å²) in [5.74, 6) is 1.26. The summed E-state index contributed by atoms with van der Waals surface area (Å²) in [6.45, 7) is 4.74. The Balaban J connectivity index is 1.71. The first-order chi connectivity index (χ1) is 9.88. The van der Waals surface area contributed by atoms with Crippen molar-refractivity contribution >= 4 is 0 Å². The molecular formula is C19H32O2. The lowest BCUT2D eigenvalue weighted by molar-refractivity contribution is -0.312. The van der Waals surface area contributed by atoms with Crippen molar-refractivity contribution in [3.63, 3.8) is 0 Å². The van der Waals surface area contributed by atoms with Crippen LogP contribution in [-0.2, 0) is 0 Å². The summed E-state index contributed by atoms with van der Waals surface area (Å²) >= 11 is 0. The lowest BCUT2D eigenvalue weighted by Gasteiger charge is -2.63. The van der Waals surface area contributed by atoms with E-state index in [1.165, 1.54) is 51.4 Å². The first kappa shape index (κ1) is 14.5. The van der Waals surface area contributed by atoms with Gasteiger partial charge in [-0.15, -0.1) is 0 Å². The van der Waals surface area contributed by atoms with Gasteiger partial charge in [0.1, 0.15) is 0 Å². The molecule has 2 heteroatoms. The zero-order valence-corrected chi connectivity index (χ0v) is 13.8. The summed E-state index contributed by atoms with van der Waals surface area (Å²) < 4.78 is 0. The molecule has 2 nitrogen and oxygen atoms in total. The average Bonchev–Trinajstić information content (AvgIpc) is 2.82. The van der Waals surface area contributed by atoms with Crippen LogP contribution in [0.1, 0.15) is 78.1 Å². The Morgan fingerprint density at radius 2 is 1.52 bits per heavy atom. The van der Waals surface area contributed by atoms with E-state index in [0.717, 1.165) is 18.3 Å². The molecule has 0 aromatic heterocycles. The fourth-order valence-corrected chi connectivity index (χ4v) is 7.36. The van der Waals surface area contributed by atoms with Gasteiger partial charge in [0.15, 0.2) is 5.79 Å². The Bertz CT molecular complexity index is 431. The molecule has 2 N–H and O–H groups in total. The van der Waals surface area contributed by atoms with Crippen LogP contribution in [0.3, 0.4) is 0 Å². The van der Waals surface area contributed by atoms with E-state index in [-0.39, 0.29) is 5.41 Å². The molecule has 120 valence electrons. The van der Waals surface area contributed by atoms with Crippen molar-refractivity contribution in [2.45, 2.75) is 83.8 Å². The highest BCUT2D eigenvalue weighted by Gasteiger charge is 2.64. The van der Waals surface area contributed by atoms with Gasteiger partial charge in [-0.25, -0.2) is 0 Å². The third kappa shape index (κ3) is 1.78. The van der Waals surface area contributed by atoms with Gasteiger partial charge < -0.3 is 10.2 Å². The molecule has 0 saturated heterocycles. The van der Waals surface area contributed by atoms with E-state index in [9.17, 15) is 10.2 Å². The van der Waals surface area contributed by atoms with Crippen LogP contribution in [-0.4, -0.2) is 16.0 Å². The van der Waals surface area contributed by atoms with Crippen LogP contribution in [0.2, 0.25) is 0 Å². The van der Waals surface area contributed by atoms with Crippen LogP contribution in [0.5, 0.6) is 0 Å². The van der Waals surface area contributed by atoms with Gasteiger partial charge in [-0.3, -0.25) is 0 Å². The molecule has 4 fully saturated rings. The number of aliphatic hydroxyl groups is 2. The average molecular weight is 292 g/mol. The smallest absolute Gasteiger partial charge is 0.168 e. The third-order valence-electron chi connectivity index (χ3n) is 8.63. The van der Waals surface area contributed by atoms with Crippen molar-refractivity contribution in [3.8, 4) is 0 Å². The minimum absolute atomic E-state index is 0.252. The van der Waals surface area contributed by atoms with Crippen molar-refractivity contribution < 1.29 is 10.2 Å². The maximum Gasteiger partial charge on any atom is 0.168 e. The molecule has 0 amide bonds. The van der Waals surface area contributed by atoms with Gasteiger partial charge in [-0.05, 0) is 80.5 Å². The van der Waals surface area contributed by atoms with Gasteiger partial charge in [-0.2, -0.15) is 0 Å². The molecule has 4 aliphatic carbocycles. The van der Waals surface area contributed by atoms with Gasteiger partial charge in [-0.1, -0.05) is 20.3 Å². The molecule has 4 saturated carbocycles. The van der Waals surface area contributed by atoms with Crippen LogP contribution in [0.25, 0.3) is 0 Å². The molecule has 1 unspecified atom stereocenters. The minimum atomic E-state index is -1.43. The normalized spacial score (nSPS) is 55.4. The standard InChI is InChI=1S/C19H32O2/c1-17-10-4-6-15(17)14-8-7-13-5-3-11-19(20,21)18(13,2)16(14)9-12-17/h13-16,20-21H,3-12H2,1-2H3/t13?,14-,15-,16-,17-,18-/m0/s1. The Hall–Kier alpha value is -0.0800. The highest BCUT2D eigenvalue weighted by molar-refractivity contribution is 5.10. The molecule has 4 rings (SSSR count). The number of rotatable bonds is 0. The van der Waals surface area contributed by atoms with Gasteiger partial charge in [0, 0.05) is 11.8 Å². The molecule has 0 spiro atoms. The van der Waals surface area contributed by atoms with Crippen LogP contribution < -0.4 is 0 Å². The summed E-state index contributed by atoms with van der Waals surface area (Å²) in [5, 5.41) is 21.7. The van der Waals surface area contributed by atoms with Gasteiger partial charge in [0.2, 0.25) is 0 Å². The number of hydrogen-bond acceptors (Lipinski definition) is 2. The Kier molecular flexibility index (Phi) is 3.09. The predicted molar refractivity (Wildman–Crippen MR) is 83.5 cm³/mol. The molecule has 0 heterocycles. The second kappa shape index (κ2) is 4.47. The fraction of sp³-hybridized carbons (Fsp3) is 1.00. The summed E-state index contributed by atoms with van der Waals surface area (Å²) in [6.07, 6.45) is 12.1. The van der Waals surface area contributed by atoms with Crippen molar-refractivity contribution in [2.75, 3.05) is 0 Å². The highest BCUT2D eigenvalue weighted by atomic mass is 16.5. The molecule has 0 aromatic carbocycles. The Morgan fingerprint density at radius 3 is 2.33 bits per heavy atom. The van der Waals surface area contributed by atoms with Gasteiger partial charge in [0.05, 0.1) is 0 Å². The summed E-state index contributed by atoms with van der Waals surface area (Å²) in [5.41, 5.74) is 0.310. The quantitative estimate of drug-likeness (QED) is 0.660. The van der Waals surface area contributed by atoms with Crippen LogP contribution in [0, 0.1) is 34.5 Å². The maximum absolute atomic E-state index is 10.8. The van der Waals surface area contributed by atoms with E-state index in [4.69, 9.17) is 0 Å². The molecule has 0 radical (unpaired) electrons. The van der Waals surface area contributed by atoms with Gasteiger partial charge >= 0.3 is 0 Å². The minimum Gasteiger partial charge on any atom is -0.365 e. The predicted octanol–water partition coefficient (Wildman–Crippen LogP) is 4.10. The Morgan fingerprint density at radius 1 is 0.762 bits per heavy atom. The topological polar surface area (TPSA) is 40.5 Å². The van der Waals surface area contributed by atoms with E-state index in [1.807, 2.05) is 0 Å². The second-order valence-electron chi connectivity index (χ2n) is 9.23. The van der Waals surface area contributed by atoms with E-state index >= 15 is 0 Å². The first-order valence-electron chi connectivity index (χ1n) is 9.33. The summed E-state index contributed by atoms with van der Waals surface area (Å²) in [7, 11) is 0. The van der Waals surface area contributed by atoms with Crippen LogP contribution >= 0.6 is 0 Å². The van der Waals surface area contributed by atoms with Crippen molar-refractivity contribution in [3.05, 3.63) is 0 Å². The molecule has 6 atom stereocenters. The van der Waals surface area contributed by atoms with Crippen molar-refractivity contribution in [2.24, 2.45) is 34.5 Å². The highest BCUT2D eigenvalue weighted by Crippen LogP contribution is 2.67. The van der Waals surface area contributed by atoms with Crippen LogP contribution in [0.15, 0.2) is 0 Å². The largest absolute Gasteiger partial charge is 0.365 e. The molecule has 0 bridgehead atoms. The molecule has 21 heavy (non-hydrogen) atoms. The monoisotopic (exact) mass is 292 g/mol. The van der Waals surface area contributed by atoms with E-state index < -0.39 is 5.79 Å². The first-order valence-corrected chi connectivity index (χ1v) is 9.33. The molecule has 4 aliphatic rings. The zero-order valence-electron chi connectivity index (χ0n) is 13.8. The van der Waals surface area contributed by atoms with Crippen molar-refractivity contribution in [1.82, 2.24) is 0 Å². The number of hydrogen-bond donors (Lipinski definition) is 2. The summed E-state index contributed by atoms with van der Waals surface area (Å²) in [6, 6.07) is 0. The lowest BCUT2D eigenvalue weighted by atomic mass is 9.44. The number of fused-ring (bicyclic) bond motifs is 5. The SMILES string of the molecule is C[C@@]12CCC[C@H]1[C@@H]1CCC3CCCC(O)(O)[C@]3(C)[C@H]1CC2. The maximum atomic E-state index is 10.8. The lowest BCUT2D eigenvalue weighted by Crippen LogP contribution is -2.63. The molecule has 0 aromatic rings. The molecule has 0 aliphatic heterocycles. The fourth-order valence-electron chi connectivity index (χ4n) is 7.36. The second-order valence-corrected chi connectivity index (χ2v) is 9.23. The Labute approximate surface area is 129 Å². The van der Waals surface area contributed by atoms with Crippen molar-refractivity contribution in [1.29, 1.82) is 0 Å². The third-order valence-corrected chi connectivity index (χ3v) is 8.63. The van der Waals surface area contributed by atoms with Crippen LogP contribution in [0.4, 0.5) is 0 Å². The zero-order chi connectivity index (χ0) is 14.9. The van der Waals surface area contributed by atoms with Gasteiger partial charge in [0.25, 0.3) is 0 Å².